The van der Waals surface area contributed by atoms with Gasteiger partial charge in [0.1, 0.15) is 11.6 Å². The molecular weight excluding hydrogens is 229 g/mol. The molecule has 4 heteroatoms. The number of rotatable bonds is 4. The second-order valence-electron chi connectivity index (χ2n) is 4.10. The Hall–Kier alpha value is -0.800. The van der Waals surface area contributed by atoms with Crippen LogP contribution in [-0.2, 0) is 6.54 Å². The van der Waals surface area contributed by atoms with Gasteiger partial charge in [-0.1, -0.05) is 6.07 Å². The van der Waals surface area contributed by atoms with E-state index < -0.39 is 0 Å². The smallest absolute Gasteiger partial charge is 0.131 e. The van der Waals surface area contributed by atoms with Gasteiger partial charge in [0.25, 0.3) is 0 Å². The molecule has 0 bridgehead atoms. The standard InChI is InChI=1S/C12H15ClFNO/c1-16-11-3-2-8(12(14)6-11)7-15-10-4-9(13)5-10/h2-3,6,9-10,15H,4-5,7H2,1H3. The molecule has 88 valence electrons. The van der Waals surface area contributed by atoms with Crippen LogP contribution in [-0.4, -0.2) is 18.5 Å². The number of nitrogens with one attached hydrogen (secondary N) is 1. The van der Waals surface area contributed by atoms with Crippen LogP contribution in [0.5, 0.6) is 5.75 Å². The normalized spacial score (nSPS) is 23.9. The summed E-state index contributed by atoms with van der Waals surface area (Å²) < 4.78 is 18.5. The van der Waals surface area contributed by atoms with Gasteiger partial charge in [0.2, 0.25) is 0 Å². The first kappa shape index (κ1) is 11.7. The summed E-state index contributed by atoms with van der Waals surface area (Å²) in [4.78, 5) is 0. The molecular formula is C12H15ClFNO. The minimum absolute atomic E-state index is 0.228. The molecule has 1 aromatic rings. The highest BCUT2D eigenvalue weighted by molar-refractivity contribution is 6.21. The molecule has 0 aliphatic heterocycles. The molecule has 0 spiro atoms. The third-order valence-corrected chi connectivity index (χ3v) is 3.28. The van der Waals surface area contributed by atoms with E-state index in [-0.39, 0.29) is 5.82 Å². The van der Waals surface area contributed by atoms with Crippen LogP contribution in [0.4, 0.5) is 4.39 Å². The predicted octanol–water partition coefficient (Wildman–Crippen LogP) is 2.69. The summed E-state index contributed by atoms with van der Waals surface area (Å²) in [6.45, 7) is 0.546. The van der Waals surface area contributed by atoms with E-state index in [4.69, 9.17) is 16.3 Å². The van der Waals surface area contributed by atoms with Crippen molar-refractivity contribution in [1.82, 2.24) is 5.32 Å². The highest BCUT2D eigenvalue weighted by Gasteiger charge is 2.26. The maximum atomic E-state index is 13.5. The van der Waals surface area contributed by atoms with Crippen molar-refractivity contribution >= 4 is 11.6 Å². The minimum Gasteiger partial charge on any atom is -0.497 e. The number of hydrogen-bond acceptors (Lipinski definition) is 2. The molecule has 0 heterocycles. The quantitative estimate of drug-likeness (QED) is 0.821. The van der Waals surface area contributed by atoms with Crippen LogP contribution in [0.2, 0.25) is 0 Å². The van der Waals surface area contributed by atoms with E-state index >= 15 is 0 Å². The van der Waals surface area contributed by atoms with E-state index in [1.807, 2.05) is 0 Å². The first-order chi connectivity index (χ1) is 7.69. The second kappa shape index (κ2) is 5.02. The maximum absolute atomic E-state index is 13.5. The van der Waals surface area contributed by atoms with Crippen molar-refractivity contribution < 1.29 is 9.13 Å². The average Bonchev–Trinajstić information content (AvgIpc) is 2.24. The topological polar surface area (TPSA) is 21.3 Å². The molecule has 16 heavy (non-hydrogen) atoms. The highest BCUT2D eigenvalue weighted by atomic mass is 35.5. The van der Waals surface area contributed by atoms with Gasteiger partial charge in [-0.3, -0.25) is 0 Å². The molecule has 2 nitrogen and oxygen atoms in total. The lowest BCUT2D eigenvalue weighted by Gasteiger charge is -2.31. The van der Waals surface area contributed by atoms with E-state index in [9.17, 15) is 4.39 Å². The van der Waals surface area contributed by atoms with Crippen molar-refractivity contribution in [1.29, 1.82) is 0 Å². The van der Waals surface area contributed by atoms with Crippen LogP contribution in [0.1, 0.15) is 18.4 Å². The molecule has 1 aromatic carbocycles. The molecule has 0 atom stereocenters. The summed E-state index contributed by atoms with van der Waals surface area (Å²) in [5, 5.41) is 3.57. The Balaban J connectivity index is 1.89. The van der Waals surface area contributed by atoms with E-state index in [1.54, 1.807) is 12.1 Å². The number of ether oxygens (including phenoxy) is 1. The SMILES string of the molecule is COc1ccc(CNC2CC(Cl)C2)c(F)c1. The fraction of sp³-hybridized carbons (Fsp3) is 0.500. The van der Waals surface area contributed by atoms with E-state index in [2.05, 4.69) is 5.32 Å². The van der Waals surface area contributed by atoms with Gasteiger partial charge in [-0.15, -0.1) is 11.6 Å². The van der Waals surface area contributed by atoms with Gasteiger partial charge in [-0.25, -0.2) is 4.39 Å². The van der Waals surface area contributed by atoms with Crippen LogP contribution in [0.25, 0.3) is 0 Å². The van der Waals surface area contributed by atoms with Gasteiger partial charge in [-0.2, -0.15) is 0 Å². The van der Waals surface area contributed by atoms with Crippen molar-refractivity contribution in [3.63, 3.8) is 0 Å². The predicted molar refractivity (Wildman–Crippen MR) is 62.5 cm³/mol. The highest BCUT2D eigenvalue weighted by Crippen LogP contribution is 2.26. The number of methoxy groups -OCH3 is 1. The van der Waals surface area contributed by atoms with Gasteiger partial charge >= 0.3 is 0 Å². The van der Waals surface area contributed by atoms with Crippen molar-refractivity contribution in [2.75, 3.05) is 7.11 Å². The van der Waals surface area contributed by atoms with E-state index in [0.29, 0.717) is 29.3 Å². The molecule has 0 saturated heterocycles. The first-order valence-corrected chi connectivity index (χ1v) is 5.82. The summed E-state index contributed by atoms with van der Waals surface area (Å²) in [5.41, 5.74) is 0.666. The Labute approximate surface area is 99.7 Å². The fourth-order valence-electron chi connectivity index (χ4n) is 1.77. The van der Waals surface area contributed by atoms with Gasteiger partial charge < -0.3 is 10.1 Å². The Morgan fingerprint density at radius 1 is 1.50 bits per heavy atom. The monoisotopic (exact) mass is 243 g/mol. The number of halogens is 2. The Morgan fingerprint density at radius 3 is 2.81 bits per heavy atom. The minimum atomic E-state index is -0.228. The summed E-state index contributed by atoms with van der Waals surface area (Å²) in [6.07, 6.45) is 1.94. The third kappa shape index (κ3) is 2.66. The van der Waals surface area contributed by atoms with Crippen molar-refractivity contribution in [3.05, 3.63) is 29.6 Å². The van der Waals surface area contributed by atoms with Gasteiger partial charge in [0, 0.05) is 29.6 Å². The molecule has 2 rings (SSSR count). The molecule has 1 fully saturated rings. The lowest BCUT2D eigenvalue weighted by molar-refractivity contribution is 0.342. The summed E-state index contributed by atoms with van der Waals surface area (Å²) in [7, 11) is 1.53. The largest absolute Gasteiger partial charge is 0.497 e. The van der Waals surface area contributed by atoms with Crippen LogP contribution in [0.3, 0.4) is 0 Å². The van der Waals surface area contributed by atoms with E-state index in [1.165, 1.54) is 13.2 Å². The average molecular weight is 244 g/mol. The maximum Gasteiger partial charge on any atom is 0.131 e. The van der Waals surface area contributed by atoms with Gasteiger partial charge in [-0.05, 0) is 18.9 Å². The van der Waals surface area contributed by atoms with Crippen LogP contribution in [0, 0.1) is 5.82 Å². The number of hydrogen-bond donors (Lipinski definition) is 1. The van der Waals surface area contributed by atoms with Gasteiger partial charge in [0.15, 0.2) is 0 Å². The molecule has 0 radical (unpaired) electrons. The lowest BCUT2D eigenvalue weighted by atomic mass is 9.92. The molecule has 1 saturated carbocycles. The Kier molecular flexibility index (Phi) is 3.66. The molecule has 1 N–H and O–H groups in total. The molecule has 0 amide bonds. The molecule has 1 aliphatic rings. The number of benzene rings is 1. The molecule has 0 unspecified atom stereocenters. The summed E-state index contributed by atoms with van der Waals surface area (Å²) >= 11 is 5.87. The van der Waals surface area contributed by atoms with Crippen molar-refractivity contribution in [2.45, 2.75) is 30.8 Å². The summed E-state index contributed by atoms with van der Waals surface area (Å²) in [5.74, 6) is 0.319. The Morgan fingerprint density at radius 2 is 2.25 bits per heavy atom. The van der Waals surface area contributed by atoms with Gasteiger partial charge in [0.05, 0.1) is 7.11 Å². The van der Waals surface area contributed by atoms with Crippen LogP contribution < -0.4 is 10.1 Å². The van der Waals surface area contributed by atoms with Crippen LogP contribution >= 0.6 is 11.6 Å². The van der Waals surface area contributed by atoms with Crippen molar-refractivity contribution in [2.24, 2.45) is 0 Å². The van der Waals surface area contributed by atoms with E-state index in [0.717, 1.165) is 12.8 Å². The zero-order chi connectivity index (χ0) is 11.5. The molecule has 0 aromatic heterocycles. The zero-order valence-electron chi connectivity index (χ0n) is 9.17. The lowest BCUT2D eigenvalue weighted by Crippen LogP contribution is -2.41. The second-order valence-corrected chi connectivity index (χ2v) is 4.72. The first-order valence-electron chi connectivity index (χ1n) is 5.39. The molecule has 1 aliphatic carbocycles. The Bertz CT molecular complexity index is 366. The zero-order valence-corrected chi connectivity index (χ0v) is 9.93. The fourth-order valence-corrected chi connectivity index (χ4v) is 2.20. The van der Waals surface area contributed by atoms with Crippen LogP contribution in [0.15, 0.2) is 18.2 Å². The summed E-state index contributed by atoms with van der Waals surface area (Å²) in [6, 6.07) is 5.36. The third-order valence-electron chi connectivity index (χ3n) is 2.92. The van der Waals surface area contributed by atoms with Crippen molar-refractivity contribution in [3.8, 4) is 5.75 Å². The number of alkyl halides is 1.